The topological polar surface area (TPSA) is 9.23 Å². The molecular formula is C11H10OS3. The van der Waals surface area contributed by atoms with Crippen molar-refractivity contribution in [2.24, 2.45) is 0 Å². The molecule has 15 heavy (non-hydrogen) atoms. The smallest absolute Gasteiger partial charge is 0.177 e. The summed E-state index contributed by atoms with van der Waals surface area (Å²) in [4.78, 5) is 0. The minimum atomic E-state index is 0.174. The van der Waals surface area contributed by atoms with E-state index in [0.29, 0.717) is 4.58 Å². The molecule has 2 saturated heterocycles. The second-order valence-corrected chi connectivity index (χ2v) is 7.36. The van der Waals surface area contributed by atoms with E-state index in [1.807, 2.05) is 23.5 Å². The zero-order chi connectivity index (χ0) is 10.3. The van der Waals surface area contributed by atoms with Gasteiger partial charge in [-0.2, -0.15) is 0 Å². The molecule has 1 atom stereocenters. The zero-order valence-electron chi connectivity index (χ0n) is 8.01. The number of hydrogen-bond donors (Lipinski definition) is 0. The van der Waals surface area contributed by atoms with Gasteiger partial charge in [0.15, 0.2) is 10.5 Å². The van der Waals surface area contributed by atoms with E-state index in [-0.39, 0.29) is 5.44 Å². The minimum Gasteiger partial charge on any atom is -0.469 e. The van der Waals surface area contributed by atoms with Crippen molar-refractivity contribution in [2.45, 2.75) is 10.0 Å². The molecule has 0 bridgehead atoms. The second kappa shape index (κ2) is 4.00. The van der Waals surface area contributed by atoms with Crippen LogP contribution >= 0.6 is 35.3 Å². The van der Waals surface area contributed by atoms with Gasteiger partial charge in [0.1, 0.15) is 0 Å². The number of benzene rings is 1. The van der Waals surface area contributed by atoms with E-state index in [1.54, 1.807) is 11.8 Å². The van der Waals surface area contributed by atoms with Gasteiger partial charge in [-0.25, -0.2) is 0 Å². The van der Waals surface area contributed by atoms with Gasteiger partial charge in [-0.15, -0.1) is 23.5 Å². The first-order valence-corrected chi connectivity index (χ1v) is 7.66. The number of hydrogen-bond acceptors (Lipinski definition) is 4. The SMILES string of the molecule is C=C1OC(c2ccc(C3SCS3)cc2)S1. The Labute approximate surface area is 102 Å². The van der Waals surface area contributed by atoms with E-state index in [0.717, 1.165) is 5.09 Å². The summed E-state index contributed by atoms with van der Waals surface area (Å²) in [5.41, 5.74) is 2.84. The Hall–Kier alpha value is -0.190. The molecule has 4 heteroatoms. The van der Waals surface area contributed by atoms with Crippen LogP contribution in [0.25, 0.3) is 0 Å². The van der Waals surface area contributed by atoms with Gasteiger partial charge in [0.05, 0.1) is 4.58 Å². The van der Waals surface area contributed by atoms with E-state index in [1.165, 1.54) is 16.2 Å². The van der Waals surface area contributed by atoms with Gasteiger partial charge in [-0.05, 0) is 23.9 Å². The molecule has 2 aliphatic rings. The number of ether oxygens (including phenoxy) is 1. The molecular weight excluding hydrogens is 244 g/mol. The van der Waals surface area contributed by atoms with Crippen molar-refractivity contribution in [1.82, 2.24) is 0 Å². The highest BCUT2D eigenvalue weighted by atomic mass is 32.3. The third-order valence-electron chi connectivity index (χ3n) is 2.40. The summed E-state index contributed by atoms with van der Waals surface area (Å²) < 4.78 is 6.08. The molecule has 1 aromatic rings. The quantitative estimate of drug-likeness (QED) is 0.775. The summed E-state index contributed by atoms with van der Waals surface area (Å²) in [7, 11) is 0. The van der Waals surface area contributed by atoms with Crippen LogP contribution in [0.4, 0.5) is 0 Å². The molecule has 0 aliphatic carbocycles. The fourth-order valence-electron chi connectivity index (χ4n) is 1.52. The molecule has 1 nitrogen and oxygen atoms in total. The minimum absolute atomic E-state index is 0.174. The van der Waals surface area contributed by atoms with Crippen LogP contribution in [-0.4, -0.2) is 5.08 Å². The highest BCUT2D eigenvalue weighted by molar-refractivity contribution is 8.31. The van der Waals surface area contributed by atoms with Crippen molar-refractivity contribution < 1.29 is 4.74 Å². The van der Waals surface area contributed by atoms with E-state index in [4.69, 9.17) is 4.74 Å². The molecule has 0 N–H and O–H groups in total. The summed E-state index contributed by atoms with van der Waals surface area (Å²) in [5.74, 6) is 0. The lowest BCUT2D eigenvalue weighted by molar-refractivity contribution is 0.185. The molecule has 2 aliphatic heterocycles. The van der Waals surface area contributed by atoms with Crippen LogP contribution in [0.2, 0.25) is 0 Å². The molecule has 0 aromatic heterocycles. The first-order chi connectivity index (χ1) is 7.33. The summed E-state index contributed by atoms with van der Waals surface area (Å²) in [6.07, 6.45) is 0. The van der Waals surface area contributed by atoms with Crippen molar-refractivity contribution >= 4 is 35.3 Å². The third kappa shape index (κ3) is 1.90. The van der Waals surface area contributed by atoms with Crippen LogP contribution < -0.4 is 0 Å². The van der Waals surface area contributed by atoms with Gasteiger partial charge < -0.3 is 4.74 Å². The van der Waals surface area contributed by atoms with Crippen LogP contribution in [0.15, 0.2) is 35.9 Å². The third-order valence-corrected chi connectivity index (χ3v) is 6.39. The Morgan fingerprint density at radius 2 is 1.73 bits per heavy atom. The van der Waals surface area contributed by atoms with Crippen molar-refractivity contribution in [2.75, 3.05) is 5.08 Å². The highest BCUT2D eigenvalue weighted by Crippen LogP contribution is 2.52. The van der Waals surface area contributed by atoms with Gasteiger partial charge in [-0.1, -0.05) is 24.3 Å². The second-order valence-electron chi connectivity index (χ2n) is 3.39. The van der Waals surface area contributed by atoms with Crippen LogP contribution in [-0.2, 0) is 4.74 Å². The average Bonchev–Trinajstić information content (AvgIpc) is 2.12. The Morgan fingerprint density at radius 3 is 2.20 bits per heavy atom. The van der Waals surface area contributed by atoms with E-state index in [2.05, 4.69) is 30.8 Å². The van der Waals surface area contributed by atoms with Crippen molar-refractivity contribution in [3.8, 4) is 0 Å². The Kier molecular flexibility index (Phi) is 2.66. The Balaban J connectivity index is 1.72. The van der Waals surface area contributed by atoms with E-state index in [9.17, 15) is 0 Å². The molecule has 0 saturated carbocycles. The summed E-state index contributed by atoms with van der Waals surface area (Å²) in [6.45, 7) is 3.74. The van der Waals surface area contributed by atoms with Crippen LogP contribution in [0, 0.1) is 0 Å². The number of rotatable bonds is 2. The Morgan fingerprint density at radius 1 is 1.13 bits per heavy atom. The van der Waals surface area contributed by atoms with Gasteiger partial charge in [0.2, 0.25) is 0 Å². The monoisotopic (exact) mass is 254 g/mol. The predicted octanol–water partition coefficient (Wildman–Crippen LogP) is 4.36. The molecule has 0 spiro atoms. The van der Waals surface area contributed by atoms with Crippen molar-refractivity contribution in [3.63, 3.8) is 0 Å². The molecule has 2 heterocycles. The molecule has 1 aromatic carbocycles. The predicted molar refractivity (Wildman–Crippen MR) is 69.8 cm³/mol. The van der Waals surface area contributed by atoms with E-state index >= 15 is 0 Å². The van der Waals surface area contributed by atoms with Crippen molar-refractivity contribution in [1.29, 1.82) is 0 Å². The lowest BCUT2D eigenvalue weighted by Gasteiger charge is -2.29. The summed E-state index contributed by atoms with van der Waals surface area (Å²) >= 11 is 5.70. The highest BCUT2D eigenvalue weighted by Gasteiger charge is 2.26. The van der Waals surface area contributed by atoms with E-state index < -0.39 is 0 Å². The Bertz CT molecular complexity index is 375. The zero-order valence-corrected chi connectivity index (χ0v) is 10.5. The lowest BCUT2D eigenvalue weighted by Crippen LogP contribution is -2.08. The largest absolute Gasteiger partial charge is 0.469 e. The molecule has 0 radical (unpaired) electrons. The maximum Gasteiger partial charge on any atom is 0.177 e. The molecule has 3 rings (SSSR count). The van der Waals surface area contributed by atoms with Gasteiger partial charge in [-0.3, -0.25) is 0 Å². The molecule has 0 amide bonds. The first kappa shape index (κ1) is 10.00. The van der Waals surface area contributed by atoms with Crippen LogP contribution in [0.5, 0.6) is 0 Å². The van der Waals surface area contributed by atoms with Crippen LogP contribution in [0.3, 0.4) is 0 Å². The van der Waals surface area contributed by atoms with Crippen LogP contribution in [0.1, 0.15) is 21.1 Å². The maximum atomic E-state index is 5.42. The normalized spacial score (nSPS) is 25.3. The first-order valence-electron chi connectivity index (χ1n) is 4.68. The molecule has 1 unspecified atom stereocenters. The van der Waals surface area contributed by atoms with Crippen molar-refractivity contribution in [3.05, 3.63) is 47.1 Å². The van der Waals surface area contributed by atoms with Gasteiger partial charge in [0, 0.05) is 10.6 Å². The standard InChI is InChI=1S/C11H10OS3/c1-7-12-10(15-7)8-2-4-9(5-3-8)11-13-6-14-11/h2-5,10-11H,1,6H2. The van der Waals surface area contributed by atoms with Gasteiger partial charge in [0.25, 0.3) is 0 Å². The fraction of sp³-hybridized carbons (Fsp3) is 0.273. The lowest BCUT2D eigenvalue weighted by atomic mass is 10.1. The maximum absolute atomic E-state index is 5.42. The summed E-state index contributed by atoms with van der Waals surface area (Å²) in [5, 5.41) is 2.06. The molecule has 2 fully saturated rings. The summed E-state index contributed by atoms with van der Waals surface area (Å²) in [6, 6.07) is 8.76. The average molecular weight is 254 g/mol. The number of thioether (sulfide) groups is 3. The fourth-order valence-corrected chi connectivity index (χ4v) is 4.02. The van der Waals surface area contributed by atoms with Gasteiger partial charge >= 0.3 is 0 Å². The molecule has 78 valence electrons.